The van der Waals surface area contributed by atoms with E-state index in [1.165, 1.54) is 11.3 Å². The van der Waals surface area contributed by atoms with Crippen LogP contribution in [-0.4, -0.2) is 25.9 Å². The minimum Gasteiger partial charge on any atom is -0.497 e. The second kappa shape index (κ2) is 6.63. The van der Waals surface area contributed by atoms with Gasteiger partial charge in [-0.25, -0.2) is 8.42 Å². The maximum absolute atomic E-state index is 13.0. The van der Waals surface area contributed by atoms with E-state index in [2.05, 4.69) is 0 Å². The highest BCUT2D eigenvalue weighted by Gasteiger charge is 2.38. The molecular weight excluding hydrogens is 330 g/mol. The molecule has 0 unspecified atom stereocenters. The number of rotatable bonds is 7. The third-order valence-electron chi connectivity index (χ3n) is 4.31. The van der Waals surface area contributed by atoms with Crippen LogP contribution in [0.1, 0.15) is 25.3 Å². The Balaban J connectivity index is 1.89. The van der Waals surface area contributed by atoms with Crippen molar-refractivity contribution in [3.8, 4) is 5.75 Å². The fourth-order valence-electron chi connectivity index (χ4n) is 2.70. The van der Waals surface area contributed by atoms with E-state index >= 15 is 0 Å². The zero-order chi connectivity index (χ0) is 16.4. The smallest absolute Gasteiger partial charge is 0.253 e. The van der Waals surface area contributed by atoms with Crippen molar-refractivity contribution in [1.82, 2.24) is 4.31 Å². The highest BCUT2D eigenvalue weighted by atomic mass is 32.2. The van der Waals surface area contributed by atoms with Gasteiger partial charge >= 0.3 is 0 Å². The van der Waals surface area contributed by atoms with Crippen LogP contribution >= 0.6 is 11.3 Å². The monoisotopic (exact) mass is 351 g/mol. The van der Waals surface area contributed by atoms with E-state index in [0.717, 1.165) is 24.2 Å². The first-order valence-electron chi connectivity index (χ1n) is 7.70. The average Bonchev–Trinajstić information content (AvgIpc) is 3.25. The normalized spacial score (nSPS) is 16.5. The summed E-state index contributed by atoms with van der Waals surface area (Å²) in [5, 5.41) is 1.81. The first-order valence-corrected chi connectivity index (χ1v) is 10.0. The molecule has 1 fully saturated rings. The summed E-state index contributed by atoms with van der Waals surface area (Å²) < 4.78 is 33.2. The molecule has 1 heterocycles. The summed E-state index contributed by atoms with van der Waals surface area (Å²) in [6, 6.07) is 11.1. The quantitative estimate of drug-likeness (QED) is 0.763. The Kier molecular flexibility index (Phi) is 4.75. The van der Waals surface area contributed by atoms with E-state index in [-0.39, 0.29) is 6.04 Å². The van der Waals surface area contributed by atoms with E-state index in [1.54, 1.807) is 28.9 Å². The number of benzene rings is 1. The van der Waals surface area contributed by atoms with Crippen molar-refractivity contribution in [2.24, 2.45) is 5.92 Å². The lowest BCUT2D eigenvalue weighted by Crippen LogP contribution is -2.39. The number of ether oxygens (including phenoxy) is 1. The Morgan fingerprint density at radius 1 is 1.26 bits per heavy atom. The van der Waals surface area contributed by atoms with Crippen molar-refractivity contribution in [1.29, 1.82) is 0 Å². The Labute approximate surface area is 141 Å². The fourth-order valence-corrected chi connectivity index (χ4v) is 5.50. The van der Waals surface area contributed by atoms with Gasteiger partial charge < -0.3 is 4.74 Å². The second-order valence-electron chi connectivity index (χ2n) is 5.91. The van der Waals surface area contributed by atoms with Gasteiger partial charge in [0, 0.05) is 12.6 Å². The molecule has 23 heavy (non-hydrogen) atoms. The van der Waals surface area contributed by atoms with Gasteiger partial charge in [0.2, 0.25) is 0 Å². The number of nitrogens with zero attached hydrogens (tertiary/aromatic N) is 1. The maximum atomic E-state index is 13.0. The van der Waals surface area contributed by atoms with Crippen molar-refractivity contribution >= 4 is 21.4 Å². The standard InChI is InChI=1S/C17H21NO3S2/c1-13(15-7-8-15)18(23(19,20)17-4-3-11-22-17)12-14-5-9-16(21-2)10-6-14/h3-6,9-11,13,15H,7-8,12H2,1-2H3/t13-/m1/s1. The zero-order valence-electron chi connectivity index (χ0n) is 13.3. The van der Waals surface area contributed by atoms with Gasteiger partial charge in [-0.15, -0.1) is 11.3 Å². The van der Waals surface area contributed by atoms with E-state index in [1.807, 2.05) is 31.2 Å². The molecule has 124 valence electrons. The highest BCUT2D eigenvalue weighted by molar-refractivity contribution is 7.91. The summed E-state index contributed by atoms with van der Waals surface area (Å²) in [5.41, 5.74) is 0.971. The zero-order valence-corrected chi connectivity index (χ0v) is 14.9. The maximum Gasteiger partial charge on any atom is 0.253 e. The molecule has 3 rings (SSSR count). The molecule has 4 nitrogen and oxygen atoms in total. The molecular formula is C17H21NO3S2. The minimum atomic E-state index is -3.46. The molecule has 0 saturated heterocycles. The van der Waals surface area contributed by atoms with E-state index in [9.17, 15) is 8.42 Å². The van der Waals surface area contributed by atoms with Crippen LogP contribution in [0, 0.1) is 5.92 Å². The predicted molar refractivity (Wildman–Crippen MR) is 92.2 cm³/mol. The molecule has 1 aliphatic rings. The topological polar surface area (TPSA) is 46.6 Å². The molecule has 6 heteroatoms. The summed E-state index contributed by atoms with van der Waals surface area (Å²) in [6.45, 7) is 2.41. The van der Waals surface area contributed by atoms with Gasteiger partial charge in [0.25, 0.3) is 10.0 Å². The number of hydrogen-bond donors (Lipinski definition) is 0. The molecule has 1 aromatic carbocycles. The number of methoxy groups -OCH3 is 1. The SMILES string of the molecule is COc1ccc(CN([C@H](C)C2CC2)S(=O)(=O)c2cccs2)cc1. The van der Waals surface area contributed by atoms with Gasteiger partial charge in [0.15, 0.2) is 0 Å². The summed E-state index contributed by atoms with van der Waals surface area (Å²) in [7, 11) is -1.83. The number of hydrogen-bond acceptors (Lipinski definition) is 4. The summed E-state index contributed by atoms with van der Waals surface area (Å²) in [4.78, 5) is 0. The molecule has 0 N–H and O–H groups in total. The van der Waals surface area contributed by atoms with Crippen LogP contribution in [0.25, 0.3) is 0 Å². The summed E-state index contributed by atoms with van der Waals surface area (Å²) >= 11 is 1.27. The van der Waals surface area contributed by atoms with E-state index < -0.39 is 10.0 Å². The van der Waals surface area contributed by atoms with Crippen molar-refractivity contribution < 1.29 is 13.2 Å². The third kappa shape index (κ3) is 3.59. The van der Waals surface area contributed by atoms with Crippen LogP contribution in [0.15, 0.2) is 46.0 Å². The van der Waals surface area contributed by atoms with E-state index in [0.29, 0.717) is 16.7 Å². The molecule has 2 aromatic rings. The van der Waals surface area contributed by atoms with Gasteiger partial charge in [-0.2, -0.15) is 4.31 Å². The Hall–Kier alpha value is -1.37. The highest BCUT2D eigenvalue weighted by Crippen LogP contribution is 2.38. The van der Waals surface area contributed by atoms with Crippen LogP contribution in [-0.2, 0) is 16.6 Å². The van der Waals surface area contributed by atoms with Crippen LogP contribution in [0.2, 0.25) is 0 Å². The van der Waals surface area contributed by atoms with Crippen molar-refractivity contribution in [2.45, 2.75) is 36.6 Å². The average molecular weight is 351 g/mol. The lowest BCUT2D eigenvalue weighted by molar-refractivity contribution is 0.303. The van der Waals surface area contributed by atoms with E-state index in [4.69, 9.17) is 4.74 Å². The molecule has 1 saturated carbocycles. The fraction of sp³-hybridized carbons (Fsp3) is 0.412. The Morgan fingerprint density at radius 2 is 1.96 bits per heavy atom. The molecule has 0 aliphatic heterocycles. The second-order valence-corrected chi connectivity index (χ2v) is 8.97. The third-order valence-corrected chi connectivity index (χ3v) is 7.62. The first-order chi connectivity index (χ1) is 11.0. The number of thiophene rings is 1. The lowest BCUT2D eigenvalue weighted by Gasteiger charge is -2.28. The molecule has 0 amide bonds. The van der Waals surface area contributed by atoms with Gasteiger partial charge in [-0.1, -0.05) is 18.2 Å². The molecule has 0 radical (unpaired) electrons. The van der Waals surface area contributed by atoms with Crippen molar-refractivity contribution in [3.05, 3.63) is 47.3 Å². The van der Waals surface area contributed by atoms with Crippen LogP contribution in [0.4, 0.5) is 0 Å². The molecule has 0 bridgehead atoms. The van der Waals surface area contributed by atoms with Crippen LogP contribution in [0.5, 0.6) is 5.75 Å². The molecule has 1 aromatic heterocycles. The summed E-state index contributed by atoms with van der Waals surface area (Å²) in [6.07, 6.45) is 2.22. The molecule has 0 spiro atoms. The van der Waals surface area contributed by atoms with Gasteiger partial charge in [0.05, 0.1) is 7.11 Å². The van der Waals surface area contributed by atoms with Gasteiger partial charge in [-0.3, -0.25) is 0 Å². The van der Waals surface area contributed by atoms with Crippen LogP contribution in [0.3, 0.4) is 0 Å². The Bertz CT molecular complexity index is 735. The predicted octanol–water partition coefficient (Wildman–Crippen LogP) is 3.75. The van der Waals surface area contributed by atoms with Crippen molar-refractivity contribution in [2.75, 3.05) is 7.11 Å². The largest absolute Gasteiger partial charge is 0.497 e. The molecule has 1 atom stereocenters. The Morgan fingerprint density at radius 3 is 2.48 bits per heavy atom. The first kappa shape index (κ1) is 16.5. The molecule has 1 aliphatic carbocycles. The van der Waals surface area contributed by atoms with Gasteiger partial charge in [-0.05, 0) is 54.8 Å². The minimum absolute atomic E-state index is 0.0178. The van der Waals surface area contributed by atoms with Crippen LogP contribution < -0.4 is 4.74 Å². The number of sulfonamides is 1. The lowest BCUT2D eigenvalue weighted by atomic mass is 10.1. The van der Waals surface area contributed by atoms with Gasteiger partial charge in [0.1, 0.15) is 9.96 Å². The van der Waals surface area contributed by atoms with Crippen molar-refractivity contribution in [3.63, 3.8) is 0 Å². The summed E-state index contributed by atoms with van der Waals surface area (Å²) in [5.74, 6) is 1.25.